The van der Waals surface area contributed by atoms with Gasteiger partial charge in [-0.15, -0.1) is 0 Å². The van der Waals surface area contributed by atoms with E-state index in [1.807, 2.05) is 48.1 Å². The van der Waals surface area contributed by atoms with Crippen molar-refractivity contribution in [3.8, 4) is 11.4 Å². The van der Waals surface area contributed by atoms with Crippen LogP contribution in [0.1, 0.15) is 28.8 Å². The summed E-state index contributed by atoms with van der Waals surface area (Å²) in [5.74, 6) is 0.504. The Morgan fingerprint density at radius 2 is 1.97 bits per heavy atom. The third-order valence-electron chi connectivity index (χ3n) is 5.66. The minimum absolute atomic E-state index is 0.117. The average Bonchev–Trinajstić information content (AvgIpc) is 3.46. The fourth-order valence-electron chi connectivity index (χ4n) is 3.66. The van der Waals surface area contributed by atoms with E-state index in [2.05, 4.69) is 10.3 Å². The van der Waals surface area contributed by atoms with Gasteiger partial charge in [0.1, 0.15) is 18.7 Å². The molecule has 32 heavy (non-hydrogen) atoms. The van der Waals surface area contributed by atoms with Crippen LogP contribution in [0.25, 0.3) is 16.6 Å². The summed E-state index contributed by atoms with van der Waals surface area (Å²) in [6.45, 7) is 3.12. The number of aryl methyl sites for hydroxylation is 1. The summed E-state index contributed by atoms with van der Waals surface area (Å²) in [5, 5.41) is 3.46. The molecule has 0 aliphatic heterocycles. The van der Waals surface area contributed by atoms with Crippen molar-refractivity contribution in [2.45, 2.75) is 32.4 Å². The number of aromatic nitrogens is 3. The van der Waals surface area contributed by atoms with E-state index < -0.39 is 0 Å². The van der Waals surface area contributed by atoms with Gasteiger partial charge in [0.2, 0.25) is 0 Å². The minimum Gasteiger partial charge on any atom is -0.492 e. The van der Waals surface area contributed by atoms with E-state index in [1.54, 1.807) is 24.3 Å². The lowest BCUT2D eigenvalue weighted by molar-refractivity contribution is 0.0951. The number of nitrogens with zero attached hydrogens (tertiary/aromatic N) is 3. The number of carbonyl (C=O) groups excluding carboxylic acids is 1. The van der Waals surface area contributed by atoms with Crippen LogP contribution in [0.2, 0.25) is 0 Å². The number of benzene rings is 2. The molecule has 7 nitrogen and oxygen atoms in total. The number of rotatable bonds is 7. The van der Waals surface area contributed by atoms with E-state index >= 15 is 0 Å². The normalized spacial score (nSPS) is 13.3. The van der Waals surface area contributed by atoms with Crippen LogP contribution in [0, 0.1) is 6.92 Å². The highest BCUT2D eigenvalue weighted by atomic mass is 16.5. The number of hydrogen-bond acceptors (Lipinski definition) is 4. The fraction of sp³-hybridized carbons (Fsp3) is 0.240. The largest absolute Gasteiger partial charge is 0.492 e. The van der Waals surface area contributed by atoms with E-state index in [4.69, 9.17) is 4.74 Å². The van der Waals surface area contributed by atoms with Crippen molar-refractivity contribution in [2.75, 3.05) is 6.61 Å². The highest BCUT2D eigenvalue weighted by molar-refractivity contribution is 5.95. The molecule has 1 aliphatic rings. The van der Waals surface area contributed by atoms with E-state index in [1.165, 1.54) is 10.9 Å². The predicted octanol–water partition coefficient (Wildman–Crippen LogP) is 3.47. The maximum absolute atomic E-state index is 13.3. The number of ether oxygens (including phenoxy) is 1. The van der Waals surface area contributed by atoms with Crippen molar-refractivity contribution in [1.82, 2.24) is 19.4 Å². The van der Waals surface area contributed by atoms with Crippen LogP contribution in [-0.2, 0) is 6.54 Å². The Morgan fingerprint density at radius 1 is 1.16 bits per heavy atom. The van der Waals surface area contributed by atoms with Crippen LogP contribution < -0.4 is 15.6 Å². The molecule has 1 N–H and O–H groups in total. The number of hydrogen-bond donors (Lipinski definition) is 1. The lowest BCUT2D eigenvalue weighted by atomic mass is 10.1. The summed E-state index contributed by atoms with van der Waals surface area (Å²) in [6, 6.07) is 14.9. The zero-order chi connectivity index (χ0) is 22.1. The second kappa shape index (κ2) is 8.34. The second-order valence-electron chi connectivity index (χ2n) is 8.12. The van der Waals surface area contributed by atoms with Gasteiger partial charge in [-0.25, -0.2) is 4.98 Å². The Kier molecular flexibility index (Phi) is 5.23. The third-order valence-corrected chi connectivity index (χ3v) is 5.66. The first kappa shape index (κ1) is 20.1. The second-order valence-corrected chi connectivity index (χ2v) is 8.12. The predicted molar refractivity (Wildman–Crippen MR) is 122 cm³/mol. The first-order valence-electron chi connectivity index (χ1n) is 10.8. The molecule has 0 radical (unpaired) electrons. The van der Waals surface area contributed by atoms with Crippen LogP contribution in [0.15, 0.2) is 72.0 Å². The van der Waals surface area contributed by atoms with Gasteiger partial charge in [0, 0.05) is 24.0 Å². The molecule has 0 unspecified atom stereocenters. The molecule has 4 aromatic rings. The van der Waals surface area contributed by atoms with Gasteiger partial charge in [-0.05, 0) is 67.8 Å². The molecule has 162 valence electrons. The SMILES string of the molecule is Cc1ccc(C(=O)NC2CC2)cc1-n1cnc2ccc(OCCn3cccc3)cc2c1=O. The van der Waals surface area contributed by atoms with Gasteiger partial charge in [-0.3, -0.25) is 14.2 Å². The van der Waals surface area contributed by atoms with Gasteiger partial charge in [0.25, 0.3) is 11.5 Å². The van der Waals surface area contributed by atoms with Crippen LogP contribution in [-0.4, -0.2) is 32.7 Å². The highest BCUT2D eigenvalue weighted by Gasteiger charge is 2.24. The van der Waals surface area contributed by atoms with Gasteiger partial charge in [-0.2, -0.15) is 0 Å². The van der Waals surface area contributed by atoms with E-state index in [9.17, 15) is 9.59 Å². The number of nitrogens with one attached hydrogen (secondary N) is 1. The maximum atomic E-state index is 13.3. The summed E-state index contributed by atoms with van der Waals surface area (Å²) in [7, 11) is 0. The lowest BCUT2D eigenvalue weighted by Crippen LogP contribution is -2.26. The summed E-state index contributed by atoms with van der Waals surface area (Å²) in [6.07, 6.45) is 7.52. The Labute approximate surface area is 185 Å². The zero-order valence-electron chi connectivity index (χ0n) is 17.8. The van der Waals surface area contributed by atoms with E-state index in [-0.39, 0.29) is 17.5 Å². The Morgan fingerprint density at radius 3 is 2.75 bits per heavy atom. The monoisotopic (exact) mass is 428 g/mol. The Hall–Kier alpha value is -3.87. The first-order valence-corrected chi connectivity index (χ1v) is 10.8. The molecule has 7 heteroatoms. The van der Waals surface area contributed by atoms with Crippen molar-refractivity contribution in [3.05, 3.63) is 88.7 Å². The summed E-state index contributed by atoms with van der Waals surface area (Å²) >= 11 is 0. The molecule has 0 bridgehead atoms. The fourth-order valence-corrected chi connectivity index (χ4v) is 3.66. The van der Waals surface area contributed by atoms with Crippen molar-refractivity contribution in [3.63, 3.8) is 0 Å². The molecule has 0 atom stereocenters. The molecule has 0 saturated heterocycles. The molecule has 5 rings (SSSR count). The Balaban J connectivity index is 1.44. The number of carbonyl (C=O) groups is 1. The quantitative estimate of drug-likeness (QED) is 0.489. The molecule has 2 aromatic heterocycles. The van der Waals surface area contributed by atoms with Crippen LogP contribution >= 0.6 is 0 Å². The van der Waals surface area contributed by atoms with Gasteiger partial charge in [-0.1, -0.05) is 6.07 Å². The summed E-state index contributed by atoms with van der Waals surface area (Å²) in [5.41, 5.74) is 2.46. The molecule has 2 aromatic carbocycles. The minimum atomic E-state index is -0.200. The van der Waals surface area contributed by atoms with Crippen molar-refractivity contribution in [1.29, 1.82) is 0 Å². The zero-order valence-corrected chi connectivity index (χ0v) is 17.8. The van der Waals surface area contributed by atoms with Gasteiger partial charge >= 0.3 is 0 Å². The molecular formula is C25H24N4O3. The molecule has 1 amide bonds. The van der Waals surface area contributed by atoms with Crippen molar-refractivity contribution >= 4 is 16.8 Å². The lowest BCUT2D eigenvalue weighted by Gasteiger charge is -2.13. The molecule has 1 fully saturated rings. The topological polar surface area (TPSA) is 78.2 Å². The molecule has 1 aliphatic carbocycles. The van der Waals surface area contributed by atoms with Crippen LogP contribution in [0.5, 0.6) is 5.75 Å². The van der Waals surface area contributed by atoms with Gasteiger partial charge < -0.3 is 14.6 Å². The van der Waals surface area contributed by atoms with E-state index in [0.717, 1.165) is 24.9 Å². The standard InChI is InChI=1S/C25H24N4O3/c1-17-4-5-18(24(30)27-19-6-7-19)14-23(17)29-16-26-22-9-8-20(15-21(22)25(29)31)32-13-12-28-10-2-3-11-28/h2-5,8-11,14-16,19H,6-7,12-13H2,1H3,(H,27,30). The molecular weight excluding hydrogens is 404 g/mol. The molecule has 2 heterocycles. The smallest absolute Gasteiger partial charge is 0.265 e. The first-order chi connectivity index (χ1) is 15.6. The van der Waals surface area contributed by atoms with Crippen molar-refractivity contribution < 1.29 is 9.53 Å². The molecule has 1 saturated carbocycles. The highest BCUT2D eigenvalue weighted by Crippen LogP contribution is 2.22. The van der Waals surface area contributed by atoms with E-state index in [0.29, 0.717) is 34.5 Å². The Bertz CT molecular complexity index is 1340. The number of fused-ring (bicyclic) bond motifs is 1. The van der Waals surface area contributed by atoms with Gasteiger partial charge in [0.15, 0.2) is 0 Å². The van der Waals surface area contributed by atoms with Crippen LogP contribution in [0.4, 0.5) is 0 Å². The average molecular weight is 428 g/mol. The number of amides is 1. The summed E-state index contributed by atoms with van der Waals surface area (Å²) in [4.78, 5) is 30.3. The summed E-state index contributed by atoms with van der Waals surface area (Å²) < 4.78 is 9.38. The molecule has 0 spiro atoms. The van der Waals surface area contributed by atoms with Gasteiger partial charge in [0.05, 0.1) is 23.1 Å². The van der Waals surface area contributed by atoms with Crippen LogP contribution in [0.3, 0.4) is 0 Å². The van der Waals surface area contributed by atoms with Crippen molar-refractivity contribution in [2.24, 2.45) is 0 Å². The maximum Gasteiger partial charge on any atom is 0.265 e. The third kappa shape index (κ3) is 4.14.